The number of carbonyl (C=O) groups is 1. The Labute approximate surface area is 194 Å². The molecule has 0 aliphatic carbocycles. The lowest BCUT2D eigenvalue weighted by Gasteiger charge is -2.27. The number of benzene rings is 1. The van der Waals surface area contributed by atoms with Crippen LogP contribution in [0.3, 0.4) is 0 Å². The van der Waals surface area contributed by atoms with Gasteiger partial charge in [-0.3, -0.25) is 9.89 Å². The molecule has 1 aliphatic rings. The monoisotopic (exact) mass is 493 g/mol. The summed E-state index contributed by atoms with van der Waals surface area (Å²) >= 11 is 2.77. The van der Waals surface area contributed by atoms with Crippen molar-refractivity contribution >= 4 is 44.7 Å². The second kappa shape index (κ2) is 9.71. The maximum Gasteiger partial charge on any atom is 0.243 e. The van der Waals surface area contributed by atoms with E-state index in [4.69, 9.17) is 4.74 Å². The molecule has 1 fully saturated rings. The number of nitrogens with zero attached hydrogens (tertiary/aromatic N) is 3. The highest BCUT2D eigenvalue weighted by molar-refractivity contribution is 8.00. The van der Waals surface area contributed by atoms with E-state index in [9.17, 15) is 13.2 Å². The van der Waals surface area contributed by atoms with Crippen LogP contribution in [0, 0.1) is 6.92 Å². The van der Waals surface area contributed by atoms with E-state index in [-0.39, 0.29) is 10.8 Å². The summed E-state index contributed by atoms with van der Waals surface area (Å²) in [5.41, 5.74) is 1.05. The summed E-state index contributed by atoms with van der Waals surface area (Å²) < 4.78 is 32.8. The zero-order valence-electron chi connectivity index (χ0n) is 17.6. The number of nitrogens with one attached hydrogen (secondary N) is 2. The highest BCUT2D eigenvalue weighted by Gasteiger charge is 2.28. The predicted octanol–water partition coefficient (Wildman–Crippen LogP) is 2.98. The normalized spacial score (nSPS) is 16.1. The van der Waals surface area contributed by atoms with Crippen molar-refractivity contribution in [1.29, 1.82) is 0 Å². The molecule has 0 spiro atoms. The molecule has 2 N–H and O–H groups in total. The Kier molecular flexibility index (Phi) is 6.96. The Hall–Kier alpha value is -2.25. The van der Waals surface area contributed by atoms with Gasteiger partial charge in [-0.1, -0.05) is 23.9 Å². The zero-order chi connectivity index (χ0) is 22.7. The Morgan fingerprint density at radius 2 is 2.09 bits per heavy atom. The van der Waals surface area contributed by atoms with Crippen LogP contribution in [-0.2, 0) is 19.6 Å². The molecule has 12 heteroatoms. The number of sulfonamides is 1. The number of amides is 1. The Balaban J connectivity index is 1.44. The molecule has 1 aromatic carbocycles. The SMILES string of the molecule is Cc1ccc(NC(=O)C(C)Sc2n[nH]c(-c3cccs3)n2)cc1S(=O)(=O)N1CCOCC1. The Morgan fingerprint density at radius 3 is 2.81 bits per heavy atom. The second-order valence-corrected chi connectivity index (χ2v) is 11.4. The van der Waals surface area contributed by atoms with Gasteiger partial charge in [-0.2, -0.15) is 4.31 Å². The molecule has 9 nitrogen and oxygen atoms in total. The van der Waals surface area contributed by atoms with Crippen LogP contribution < -0.4 is 5.32 Å². The van der Waals surface area contributed by atoms with Crippen molar-refractivity contribution in [2.45, 2.75) is 29.1 Å². The predicted molar refractivity (Wildman–Crippen MR) is 124 cm³/mol. The molecule has 1 amide bonds. The number of ether oxygens (including phenoxy) is 1. The van der Waals surface area contributed by atoms with Crippen LogP contribution in [0.4, 0.5) is 5.69 Å². The molecule has 0 radical (unpaired) electrons. The van der Waals surface area contributed by atoms with Crippen molar-refractivity contribution in [1.82, 2.24) is 19.5 Å². The number of H-pyrrole nitrogens is 1. The van der Waals surface area contributed by atoms with Gasteiger partial charge in [0.15, 0.2) is 5.82 Å². The summed E-state index contributed by atoms with van der Waals surface area (Å²) in [5.74, 6) is 0.391. The van der Waals surface area contributed by atoms with Gasteiger partial charge in [0.1, 0.15) is 0 Å². The molecule has 1 atom stereocenters. The van der Waals surface area contributed by atoms with E-state index in [1.54, 1.807) is 37.3 Å². The average Bonchev–Trinajstić information content (AvgIpc) is 3.47. The van der Waals surface area contributed by atoms with Gasteiger partial charge < -0.3 is 10.1 Å². The summed E-state index contributed by atoms with van der Waals surface area (Å²) in [6.45, 7) is 4.87. The fraction of sp³-hybridized carbons (Fsp3) is 0.350. The number of hydrogen-bond donors (Lipinski definition) is 2. The summed E-state index contributed by atoms with van der Waals surface area (Å²) in [5, 5.41) is 11.8. The number of thiophene rings is 1. The number of aromatic amines is 1. The highest BCUT2D eigenvalue weighted by Crippen LogP contribution is 2.27. The first kappa shape index (κ1) is 22.9. The van der Waals surface area contributed by atoms with E-state index < -0.39 is 15.3 Å². The number of anilines is 1. The zero-order valence-corrected chi connectivity index (χ0v) is 20.0. The molecule has 3 heterocycles. The third-order valence-electron chi connectivity index (χ3n) is 4.91. The number of aromatic nitrogens is 3. The first-order valence-corrected chi connectivity index (χ1v) is 13.2. The Bertz CT molecular complexity index is 1190. The number of carbonyl (C=O) groups excluding carboxylic acids is 1. The van der Waals surface area contributed by atoms with Gasteiger partial charge in [0.05, 0.1) is 28.2 Å². The molecule has 4 rings (SSSR count). The van der Waals surface area contributed by atoms with Gasteiger partial charge >= 0.3 is 0 Å². The maximum atomic E-state index is 13.1. The number of rotatable bonds is 7. The van der Waals surface area contributed by atoms with E-state index in [0.717, 1.165) is 4.88 Å². The topological polar surface area (TPSA) is 117 Å². The minimum atomic E-state index is -3.66. The van der Waals surface area contributed by atoms with Gasteiger partial charge in [-0.25, -0.2) is 13.4 Å². The van der Waals surface area contributed by atoms with Gasteiger partial charge in [-0.15, -0.1) is 16.4 Å². The van der Waals surface area contributed by atoms with Gasteiger partial charge in [0.2, 0.25) is 21.1 Å². The largest absolute Gasteiger partial charge is 0.379 e. The molecule has 32 heavy (non-hydrogen) atoms. The fourth-order valence-corrected chi connectivity index (χ4v) is 6.21. The lowest BCUT2D eigenvalue weighted by molar-refractivity contribution is -0.115. The van der Waals surface area contributed by atoms with Crippen LogP contribution in [0.2, 0.25) is 0 Å². The minimum absolute atomic E-state index is 0.187. The van der Waals surface area contributed by atoms with Crippen LogP contribution in [0.1, 0.15) is 12.5 Å². The maximum absolute atomic E-state index is 13.1. The van der Waals surface area contributed by atoms with Crippen LogP contribution >= 0.6 is 23.1 Å². The van der Waals surface area contributed by atoms with E-state index in [1.165, 1.54) is 22.1 Å². The third kappa shape index (κ3) is 5.04. The van der Waals surface area contributed by atoms with Gasteiger partial charge in [0, 0.05) is 18.8 Å². The van der Waals surface area contributed by atoms with Crippen molar-refractivity contribution in [2.24, 2.45) is 0 Å². The summed E-state index contributed by atoms with van der Waals surface area (Å²) in [7, 11) is -3.66. The van der Waals surface area contributed by atoms with Crippen LogP contribution in [0.5, 0.6) is 0 Å². The smallest absolute Gasteiger partial charge is 0.243 e. The molecule has 1 saturated heterocycles. The molecule has 170 valence electrons. The average molecular weight is 494 g/mol. The van der Waals surface area contributed by atoms with Crippen LogP contribution in [-0.4, -0.2) is 65.4 Å². The van der Waals surface area contributed by atoms with Gasteiger partial charge in [-0.05, 0) is 43.0 Å². The van der Waals surface area contributed by atoms with Crippen molar-refractivity contribution in [3.63, 3.8) is 0 Å². The van der Waals surface area contributed by atoms with E-state index in [0.29, 0.717) is 48.5 Å². The first-order valence-electron chi connectivity index (χ1n) is 9.97. The highest BCUT2D eigenvalue weighted by atomic mass is 32.2. The summed E-state index contributed by atoms with van der Waals surface area (Å²) in [6.07, 6.45) is 0. The first-order chi connectivity index (χ1) is 15.3. The summed E-state index contributed by atoms with van der Waals surface area (Å²) in [4.78, 5) is 18.3. The van der Waals surface area contributed by atoms with E-state index in [1.807, 2.05) is 17.5 Å². The Morgan fingerprint density at radius 1 is 1.31 bits per heavy atom. The molecule has 0 bridgehead atoms. The molecular weight excluding hydrogens is 470 g/mol. The van der Waals surface area contributed by atoms with E-state index >= 15 is 0 Å². The van der Waals surface area contributed by atoms with Crippen molar-refractivity contribution in [2.75, 3.05) is 31.6 Å². The van der Waals surface area contributed by atoms with Crippen molar-refractivity contribution in [3.05, 3.63) is 41.3 Å². The molecule has 1 unspecified atom stereocenters. The minimum Gasteiger partial charge on any atom is -0.379 e. The summed E-state index contributed by atoms with van der Waals surface area (Å²) in [6, 6.07) is 8.78. The molecule has 0 saturated carbocycles. The lowest BCUT2D eigenvalue weighted by Crippen LogP contribution is -2.40. The number of morpholine rings is 1. The second-order valence-electron chi connectivity index (χ2n) is 7.19. The molecule has 1 aliphatic heterocycles. The van der Waals surface area contributed by atoms with Crippen LogP contribution in [0.25, 0.3) is 10.7 Å². The van der Waals surface area contributed by atoms with Gasteiger partial charge in [0.25, 0.3) is 0 Å². The number of aryl methyl sites for hydroxylation is 1. The lowest BCUT2D eigenvalue weighted by atomic mass is 10.2. The number of thioether (sulfide) groups is 1. The quantitative estimate of drug-likeness (QED) is 0.486. The number of hydrogen-bond acceptors (Lipinski definition) is 8. The molecule has 2 aromatic heterocycles. The van der Waals surface area contributed by atoms with Crippen LogP contribution in [0.15, 0.2) is 45.8 Å². The van der Waals surface area contributed by atoms with Crippen molar-refractivity contribution < 1.29 is 17.9 Å². The van der Waals surface area contributed by atoms with Crippen molar-refractivity contribution in [3.8, 4) is 10.7 Å². The molecular formula is C20H23N5O4S3. The molecule has 3 aromatic rings. The standard InChI is InChI=1S/C20H23N5O4S3/c1-13-5-6-15(12-17(13)32(27,28)25-7-9-29-10-8-25)21-19(26)14(2)31-20-22-18(23-24-20)16-4-3-11-30-16/h3-6,11-12,14H,7-10H2,1-2H3,(H,21,26)(H,22,23,24). The van der Waals surface area contributed by atoms with E-state index in [2.05, 4.69) is 20.5 Å². The third-order valence-corrected chi connectivity index (χ3v) is 8.79. The fourth-order valence-electron chi connectivity index (χ4n) is 3.16.